The van der Waals surface area contributed by atoms with Gasteiger partial charge in [-0.2, -0.15) is 0 Å². The summed E-state index contributed by atoms with van der Waals surface area (Å²) < 4.78 is 11.4. The second-order valence-corrected chi connectivity index (χ2v) is 6.98. The lowest BCUT2D eigenvalue weighted by atomic mass is 9.84. The zero-order valence-corrected chi connectivity index (χ0v) is 15.2. The van der Waals surface area contributed by atoms with Gasteiger partial charge in [0.1, 0.15) is 36.6 Å². The number of aliphatic hydroxyl groups excluding tert-OH is 4. The zero-order valence-electron chi connectivity index (χ0n) is 15.2. The van der Waals surface area contributed by atoms with Crippen molar-refractivity contribution in [2.75, 3.05) is 6.54 Å². The summed E-state index contributed by atoms with van der Waals surface area (Å²) in [6.45, 7) is -0.179. The van der Waals surface area contributed by atoms with E-state index in [-0.39, 0.29) is 24.9 Å². The number of aliphatic hydroxyl groups is 4. The van der Waals surface area contributed by atoms with Crippen molar-refractivity contribution in [2.45, 2.75) is 67.5 Å². The van der Waals surface area contributed by atoms with Gasteiger partial charge in [0.25, 0.3) is 0 Å². The fourth-order valence-corrected chi connectivity index (χ4v) is 3.31. The van der Waals surface area contributed by atoms with Gasteiger partial charge in [-0.3, -0.25) is 4.99 Å². The van der Waals surface area contributed by atoms with Crippen molar-refractivity contribution >= 4 is 11.9 Å². The van der Waals surface area contributed by atoms with Crippen LogP contribution in [0, 0.1) is 0 Å². The Bertz CT molecular complexity index is 584. The highest BCUT2D eigenvalue weighted by atomic mass is 16.7. The molecule has 0 radical (unpaired) electrons. The van der Waals surface area contributed by atoms with E-state index in [9.17, 15) is 20.4 Å². The van der Waals surface area contributed by atoms with Gasteiger partial charge in [-0.1, -0.05) is 0 Å². The van der Waals surface area contributed by atoms with E-state index in [4.69, 9.17) is 43.9 Å². The van der Waals surface area contributed by atoms with Gasteiger partial charge in [-0.05, 0) is 6.42 Å². The van der Waals surface area contributed by atoms with E-state index < -0.39 is 61.0 Å². The first kappa shape index (κ1) is 22.5. The Morgan fingerprint density at radius 2 is 1.54 bits per heavy atom. The molecule has 1 saturated carbocycles. The van der Waals surface area contributed by atoms with Crippen LogP contribution in [-0.4, -0.2) is 99.9 Å². The topological polar surface area (TPSA) is 280 Å². The molecule has 0 unspecified atom stereocenters. The molecule has 16 N–H and O–H groups in total. The van der Waals surface area contributed by atoms with Gasteiger partial charge in [0, 0.05) is 12.1 Å². The van der Waals surface area contributed by atoms with E-state index in [1.807, 2.05) is 0 Å². The van der Waals surface area contributed by atoms with E-state index in [0.717, 1.165) is 0 Å². The Balaban J connectivity index is 2.25. The third kappa shape index (κ3) is 4.98. The van der Waals surface area contributed by atoms with Crippen LogP contribution in [0.3, 0.4) is 0 Å². The monoisotopic (exact) mass is 406 g/mol. The van der Waals surface area contributed by atoms with Crippen molar-refractivity contribution in [2.24, 2.45) is 44.4 Å². The Morgan fingerprint density at radius 1 is 0.893 bits per heavy atom. The van der Waals surface area contributed by atoms with Crippen molar-refractivity contribution < 1.29 is 29.9 Å². The second kappa shape index (κ2) is 9.15. The first-order valence-corrected chi connectivity index (χ1v) is 8.71. The molecule has 2 rings (SSSR count). The van der Waals surface area contributed by atoms with Crippen LogP contribution in [0.5, 0.6) is 0 Å². The van der Waals surface area contributed by atoms with E-state index in [1.54, 1.807) is 0 Å². The molecule has 28 heavy (non-hydrogen) atoms. The van der Waals surface area contributed by atoms with Crippen LogP contribution < -0.4 is 34.4 Å². The lowest BCUT2D eigenvalue weighted by Gasteiger charge is -2.45. The molecule has 1 saturated heterocycles. The molecule has 162 valence electrons. The molecule has 14 heteroatoms. The molecule has 10 atom stereocenters. The molecule has 2 fully saturated rings. The number of nitrogens with two attached hydrogens (primary N) is 6. The summed E-state index contributed by atoms with van der Waals surface area (Å²) in [4.78, 5) is 7.60. The van der Waals surface area contributed by atoms with Gasteiger partial charge in [0.2, 0.25) is 0 Å². The summed E-state index contributed by atoms with van der Waals surface area (Å²) in [7, 11) is 0. The Labute approximate surface area is 161 Å². The maximum absolute atomic E-state index is 10.4. The normalized spacial score (nSPS) is 43.9. The maximum atomic E-state index is 10.4. The van der Waals surface area contributed by atoms with Crippen LogP contribution >= 0.6 is 0 Å². The summed E-state index contributed by atoms with van der Waals surface area (Å²) in [5.41, 5.74) is 33.1. The summed E-state index contributed by atoms with van der Waals surface area (Å²) in [5.74, 6) is -0.623. The number of ether oxygens (including phenoxy) is 2. The van der Waals surface area contributed by atoms with Crippen LogP contribution in [0.1, 0.15) is 6.42 Å². The smallest absolute Gasteiger partial charge is 0.186 e. The lowest BCUT2D eigenvalue weighted by Crippen LogP contribution is -2.65. The molecule has 1 heterocycles. The first-order valence-electron chi connectivity index (χ1n) is 8.71. The second-order valence-electron chi connectivity index (χ2n) is 6.98. The van der Waals surface area contributed by atoms with Gasteiger partial charge >= 0.3 is 0 Å². The third-order valence-electron chi connectivity index (χ3n) is 4.80. The average Bonchev–Trinajstić information content (AvgIpc) is 2.61. The van der Waals surface area contributed by atoms with E-state index >= 15 is 0 Å². The van der Waals surface area contributed by atoms with Crippen LogP contribution in [0.2, 0.25) is 0 Å². The fourth-order valence-electron chi connectivity index (χ4n) is 3.31. The molecule has 1 aliphatic carbocycles. The molecule has 0 aromatic carbocycles. The standard InChI is InChI=1S/C14H30N8O6/c15-3-1-4(16)11(10(26)7(3)23)28-12-6(22-14(19)20)9(25)8(24)5(27-12)2-21-13(17)18/h3-12,23-26H,1-2,15-16H2,(H4,17,18,21)(H4,19,20,22)/t3-,4+,5+,6+,7+,8+,9+,10-,11-,12+/m0/s1. The molecule has 0 aromatic heterocycles. The molecular weight excluding hydrogens is 376 g/mol. The number of rotatable bonds is 5. The quantitative estimate of drug-likeness (QED) is 0.151. The number of aliphatic imine (C=N–C) groups is 2. The summed E-state index contributed by atoms with van der Waals surface area (Å²) in [5, 5.41) is 41.0. The maximum Gasteiger partial charge on any atom is 0.186 e. The molecule has 0 aromatic rings. The lowest BCUT2D eigenvalue weighted by molar-refractivity contribution is -0.287. The summed E-state index contributed by atoms with van der Waals surface area (Å²) >= 11 is 0. The van der Waals surface area contributed by atoms with Crippen LogP contribution in [-0.2, 0) is 9.47 Å². The number of guanidine groups is 2. The Kier molecular flexibility index (Phi) is 7.35. The SMILES string of the molecule is NC(N)=NC[C@H]1O[C@H](O[C@@H]2[C@@H](O)[C@H](O)[C@@H](N)C[C@H]2N)[C@H](N=C(N)N)[C@@H](O)[C@@H]1O. The number of hydrogen-bond acceptors (Lipinski definition) is 10. The summed E-state index contributed by atoms with van der Waals surface area (Å²) in [6.07, 6.45) is -8.92. The number of nitrogens with zero attached hydrogens (tertiary/aromatic N) is 2. The average molecular weight is 406 g/mol. The third-order valence-corrected chi connectivity index (χ3v) is 4.80. The van der Waals surface area contributed by atoms with Crippen LogP contribution in [0.15, 0.2) is 9.98 Å². The van der Waals surface area contributed by atoms with Crippen molar-refractivity contribution in [1.29, 1.82) is 0 Å². The fraction of sp³-hybridized carbons (Fsp3) is 0.857. The van der Waals surface area contributed by atoms with Gasteiger partial charge < -0.3 is 64.3 Å². The Morgan fingerprint density at radius 3 is 2.11 bits per heavy atom. The highest BCUT2D eigenvalue weighted by Gasteiger charge is 2.49. The predicted molar refractivity (Wildman–Crippen MR) is 98.4 cm³/mol. The van der Waals surface area contributed by atoms with Crippen molar-refractivity contribution in [3.05, 3.63) is 0 Å². The highest BCUT2D eigenvalue weighted by molar-refractivity contribution is 5.76. The van der Waals surface area contributed by atoms with E-state index in [1.165, 1.54) is 0 Å². The minimum Gasteiger partial charge on any atom is -0.389 e. The van der Waals surface area contributed by atoms with Crippen LogP contribution in [0.25, 0.3) is 0 Å². The van der Waals surface area contributed by atoms with Crippen molar-refractivity contribution in [1.82, 2.24) is 0 Å². The molecule has 2 aliphatic rings. The molecular formula is C14H30N8O6. The number of hydrogen-bond donors (Lipinski definition) is 10. The van der Waals surface area contributed by atoms with E-state index in [2.05, 4.69) is 9.98 Å². The largest absolute Gasteiger partial charge is 0.389 e. The molecule has 1 aliphatic heterocycles. The van der Waals surface area contributed by atoms with Gasteiger partial charge in [0.15, 0.2) is 18.2 Å². The summed E-state index contributed by atoms with van der Waals surface area (Å²) in [6, 6.07) is -2.70. The highest BCUT2D eigenvalue weighted by Crippen LogP contribution is 2.29. The molecule has 0 amide bonds. The predicted octanol–water partition coefficient (Wildman–Crippen LogP) is -6.49. The van der Waals surface area contributed by atoms with Crippen molar-refractivity contribution in [3.63, 3.8) is 0 Å². The van der Waals surface area contributed by atoms with Crippen molar-refractivity contribution in [3.8, 4) is 0 Å². The Hall–Kier alpha value is -1.78. The van der Waals surface area contributed by atoms with Gasteiger partial charge in [0.05, 0.1) is 12.6 Å². The first-order chi connectivity index (χ1) is 13.0. The van der Waals surface area contributed by atoms with Gasteiger partial charge in [-0.25, -0.2) is 4.99 Å². The van der Waals surface area contributed by atoms with Crippen LogP contribution in [0.4, 0.5) is 0 Å². The minimum atomic E-state index is -1.50. The minimum absolute atomic E-state index is 0.172. The molecule has 0 bridgehead atoms. The molecule has 0 spiro atoms. The molecule has 14 nitrogen and oxygen atoms in total. The van der Waals surface area contributed by atoms with E-state index in [0.29, 0.717) is 0 Å². The van der Waals surface area contributed by atoms with Gasteiger partial charge in [-0.15, -0.1) is 0 Å². The zero-order chi connectivity index (χ0) is 21.2.